The van der Waals surface area contributed by atoms with Gasteiger partial charge in [0.1, 0.15) is 29.4 Å². The SMILES string of the molecule is NC(=NC(=O)OCc1ccc([N+](=O)[O-])cc1)N(CCCSc1ncn2ccsc12)C(=O)OCc1ccc([N+](=O)[O-])cc1. The van der Waals surface area contributed by atoms with Crippen LogP contribution < -0.4 is 5.73 Å². The molecule has 0 aliphatic heterocycles. The lowest BCUT2D eigenvalue weighted by Gasteiger charge is -2.20. The predicted molar refractivity (Wildman–Crippen MR) is 153 cm³/mol. The van der Waals surface area contributed by atoms with E-state index in [1.807, 2.05) is 16.0 Å². The number of aliphatic imine (C=N–C) groups is 1. The number of thiazole rings is 1. The molecule has 4 aromatic rings. The molecule has 2 heterocycles. The maximum Gasteiger partial charge on any atom is 0.437 e. The summed E-state index contributed by atoms with van der Waals surface area (Å²) in [5, 5.41) is 24.4. The average Bonchev–Trinajstić information content (AvgIpc) is 3.60. The third kappa shape index (κ3) is 8.01. The lowest BCUT2D eigenvalue weighted by atomic mass is 10.2. The largest absolute Gasteiger partial charge is 0.444 e. The fourth-order valence-electron chi connectivity index (χ4n) is 3.48. The van der Waals surface area contributed by atoms with Crippen molar-refractivity contribution in [1.82, 2.24) is 14.3 Å². The third-order valence-electron chi connectivity index (χ3n) is 5.60. The van der Waals surface area contributed by atoms with Crippen LogP contribution in [-0.2, 0) is 22.7 Å². The molecule has 0 bridgehead atoms. The molecule has 0 aliphatic carbocycles. The van der Waals surface area contributed by atoms with Crippen molar-refractivity contribution in [1.29, 1.82) is 0 Å². The first kappa shape index (κ1) is 29.9. The van der Waals surface area contributed by atoms with Crippen LogP contribution in [0, 0.1) is 20.2 Å². The van der Waals surface area contributed by atoms with Crippen LogP contribution in [0.4, 0.5) is 21.0 Å². The Bertz CT molecular complexity index is 1600. The number of imidazole rings is 1. The van der Waals surface area contributed by atoms with Crippen molar-refractivity contribution >= 4 is 57.4 Å². The second kappa shape index (κ2) is 14.0. The van der Waals surface area contributed by atoms with Gasteiger partial charge in [0.15, 0.2) is 0 Å². The van der Waals surface area contributed by atoms with E-state index in [0.717, 1.165) is 14.8 Å². The first-order valence-corrected chi connectivity index (χ1v) is 14.0. The number of carbonyl (C=O) groups excluding carboxylic acids is 2. The Morgan fingerprint density at radius 2 is 1.60 bits per heavy atom. The van der Waals surface area contributed by atoms with Gasteiger partial charge in [-0.05, 0) is 41.8 Å². The van der Waals surface area contributed by atoms with Gasteiger partial charge in [0.05, 0.1) is 9.85 Å². The molecule has 0 atom stereocenters. The smallest absolute Gasteiger partial charge is 0.437 e. The van der Waals surface area contributed by atoms with Gasteiger partial charge in [-0.15, -0.1) is 28.1 Å². The average molecular weight is 614 g/mol. The lowest BCUT2D eigenvalue weighted by molar-refractivity contribution is -0.385. The summed E-state index contributed by atoms with van der Waals surface area (Å²) >= 11 is 3.04. The Hall–Kier alpha value is -5.03. The summed E-state index contributed by atoms with van der Waals surface area (Å²) in [4.78, 5) is 55.9. The molecule has 0 radical (unpaired) electrons. The van der Waals surface area contributed by atoms with Gasteiger partial charge < -0.3 is 15.2 Å². The van der Waals surface area contributed by atoms with E-state index in [0.29, 0.717) is 23.3 Å². The highest BCUT2D eigenvalue weighted by Crippen LogP contribution is 2.26. The minimum absolute atomic E-state index is 0.0541. The number of nitro groups is 2. The number of fused-ring (bicyclic) bond motifs is 1. The highest BCUT2D eigenvalue weighted by atomic mass is 32.2. The van der Waals surface area contributed by atoms with E-state index >= 15 is 0 Å². The van der Waals surface area contributed by atoms with Gasteiger partial charge >= 0.3 is 12.2 Å². The molecule has 0 saturated heterocycles. The Labute approximate surface area is 245 Å². The van der Waals surface area contributed by atoms with Gasteiger partial charge in [-0.3, -0.25) is 24.6 Å². The van der Waals surface area contributed by atoms with E-state index in [4.69, 9.17) is 15.2 Å². The minimum atomic E-state index is -1.08. The van der Waals surface area contributed by atoms with Crippen molar-refractivity contribution in [2.75, 3.05) is 12.3 Å². The maximum atomic E-state index is 13.0. The fourth-order valence-corrected chi connectivity index (χ4v) is 5.33. The van der Waals surface area contributed by atoms with Crippen molar-refractivity contribution < 1.29 is 28.9 Å². The number of amides is 2. The van der Waals surface area contributed by atoms with Crippen LogP contribution in [0.1, 0.15) is 17.5 Å². The van der Waals surface area contributed by atoms with Crippen molar-refractivity contribution in [3.63, 3.8) is 0 Å². The molecule has 0 unspecified atom stereocenters. The number of carbonyl (C=O) groups is 2. The van der Waals surface area contributed by atoms with E-state index in [1.54, 1.807) is 17.7 Å². The van der Waals surface area contributed by atoms with Crippen LogP contribution in [-0.4, -0.2) is 54.6 Å². The molecule has 4 rings (SSSR count). The maximum absolute atomic E-state index is 13.0. The van der Waals surface area contributed by atoms with E-state index in [2.05, 4.69) is 9.98 Å². The number of guanidine groups is 1. The van der Waals surface area contributed by atoms with Gasteiger partial charge in [-0.25, -0.2) is 19.5 Å². The first-order valence-electron chi connectivity index (χ1n) is 12.2. The van der Waals surface area contributed by atoms with Gasteiger partial charge in [0.2, 0.25) is 5.96 Å². The van der Waals surface area contributed by atoms with E-state index in [1.165, 1.54) is 60.3 Å². The summed E-state index contributed by atoms with van der Waals surface area (Å²) < 4.78 is 12.3. The number of aromatic nitrogens is 2. The number of nitrogens with two attached hydrogens (primary N) is 1. The Balaban J connectivity index is 1.37. The number of nitrogens with zero attached hydrogens (tertiary/aromatic N) is 6. The molecule has 0 fully saturated rings. The van der Waals surface area contributed by atoms with E-state index < -0.39 is 28.0 Å². The molecule has 218 valence electrons. The number of hydrogen-bond acceptors (Lipinski definition) is 11. The zero-order valence-corrected chi connectivity index (χ0v) is 23.4. The predicted octanol–water partition coefficient (Wildman–Crippen LogP) is 4.98. The van der Waals surface area contributed by atoms with Crippen LogP contribution in [0.2, 0.25) is 0 Å². The summed E-state index contributed by atoms with van der Waals surface area (Å²) in [5.74, 6) is 0.110. The number of nitro benzene ring substituents is 2. The van der Waals surface area contributed by atoms with Crippen molar-refractivity contribution in [3.8, 4) is 0 Å². The van der Waals surface area contributed by atoms with Gasteiger partial charge in [-0.1, -0.05) is 0 Å². The first-order chi connectivity index (χ1) is 20.2. The summed E-state index contributed by atoms with van der Waals surface area (Å²) in [5.41, 5.74) is 6.78. The zero-order valence-electron chi connectivity index (χ0n) is 21.7. The third-order valence-corrected chi connectivity index (χ3v) is 7.68. The fraction of sp³-hybridized carbons (Fsp3) is 0.200. The van der Waals surface area contributed by atoms with E-state index in [9.17, 15) is 29.8 Å². The van der Waals surface area contributed by atoms with E-state index in [-0.39, 0.29) is 31.1 Å². The topological polar surface area (TPSA) is 198 Å². The number of thioether (sulfide) groups is 1. The highest BCUT2D eigenvalue weighted by Gasteiger charge is 2.21. The molecule has 0 spiro atoms. The molecule has 42 heavy (non-hydrogen) atoms. The molecular weight excluding hydrogens is 590 g/mol. The molecular formula is C25H23N7O8S2. The lowest BCUT2D eigenvalue weighted by Crippen LogP contribution is -2.43. The number of hydrogen-bond donors (Lipinski definition) is 1. The van der Waals surface area contributed by atoms with Crippen LogP contribution in [0.25, 0.3) is 4.83 Å². The standard InChI is InChI=1S/C25H23N7O8S2/c26-23(28-24(33)39-14-17-2-6-19(7-3-17)31(35)36)30(10-1-12-41-21-22-29(16-27-21)11-13-42-22)25(34)40-15-18-4-8-20(9-5-18)32(37)38/h2-9,11,13,16H,1,10,12,14-15H2,(H2,26,28,33). The molecule has 17 heteroatoms. The Kier molecular flexibility index (Phi) is 10.0. The molecule has 0 aliphatic rings. The van der Waals surface area contributed by atoms with Gasteiger partial charge in [0.25, 0.3) is 11.4 Å². The molecule has 2 amide bonds. The number of benzene rings is 2. The summed E-state index contributed by atoms with van der Waals surface area (Å²) in [6.45, 7) is -0.375. The minimum Gasteiger partial charge on any atom is -0.444 e. The molecule has 2 aromatic heterocycles. The molecule has 0 saturated carbocycles. The summed E-state index contributed by atoms with van der Waals surface area (Å²) in [7, 11) is 0. The normalized spacial score (nSPS) is 11.3. The van der Waals surface area contributed by atoms with Crippen LogP contribution in [0.5, 0.6) is 0 Å². The van der Waals surface area contributed by atoms with Crippen molar-refractivity contribution in [3.05, 3.63) is 97.8 Å². The zero-order chi connectivity index (χ0) is 30.1. The summed E-state index contributed by atoms with van der Waals surface area (Å²) in [6.07, 6.45) is 2.09. The molecule has 2 aromatic carbocycles. The monoisotopic (exact) mass is 613 g/mol. The Morgan fingerprint density at radius 3 is 2.19 bits per heavy atom. The second-order valence-electron chi connectivity index (χ2n) is 8.45. The van der Waals surface area contributed by atoms with Crippen molar-refractivity contribution in [2.45, 2.75) is 24.7 Å². The molecule has 15 nitrogen and oxygen atoms in total. The quantitative estimate of drug-likeness (QED) is 0.0597. The number of rotatable bonds is 11. The van der Waals surface area contributed by atoms with Crippen LogP contribution in [0.3, 0.4) is 0 Å². The second-order valence-corrected chi connectivity index (χ2v) is 10.4. The summed E-state index contributed by atoms with van der Waals surface area (Å²) in [6, 6.07) is 10.9. The Morgan fingerprint density at radius 1 is 1.00 bits per heavy atom. The number of non-ortho nitro benzene ring substituents is 2. The van der Waals surface area contributed by atoms with Gasteiger partial charge in [0, 0.05) is 48.1 Å². The van der Waals surface area contributed by atoms with Gasteiger partial charge in [-0.2, -0.15) is 0 Å². The number of ether oxygens (including phenoxy) is 2. The highest BCUT2D eigenvalue weighted by molar-refractivity contribution is 7.99. The van der Waals surface area contributed by atoms with Crippen LogP contribution >= 0.6 is 23.1 Å². The molecule has 2 N–H and O–H groups in total. The van der Waals surface area contributed by atoms with Crippen molar-refractivity contribution in [2.24, 2.45) is 10.7 Å². The van der Waals surface area contributed by atoms with Crippen LogP contribution in [0.15, 0.2) is 76.5 Å².